The number of nitrogens with two attached hydrogens (primary N) is 1. The summed E-state index contributed by atoms with van der Waals surface area (Å²) in [7, 11) is 0. The molecule has 0 saturated carbocycles. The van der Waals surface area contributed by atoms with Crippen LogP contribution in [0.4, 0.5) is 10.7 Å². The Kier molecular flexibility index (Phi) is 6.72. The van der Waals surface area contributed by atoms with Crippen molar-refractivity contribution in [1.82, 2.24) is 0 Å². The van der Waals surface area contributed by atoms with Crippen LogP contribution >= 0.6 is 11.3 Å². The molecule has 0 bridgehead atoms. The summed E-state index contributed by atoms with van der Waals surface area (Å²) in [4.78, 5) is 34.8. The first-order chi connectivity index (χ1) is 12.9. The normalized spacial score (nSPS) is 10.3. The number of hydrogen-bond acceptors (Lipinski definition) is 9. The topological polar surface area (TPSA) is 131 Å². The molecule has 2 rings (SSSR count). The fourth-order valence-electron chi connectivity index (χ4n) is 2.23. The van der Waals surface area contributed by atoms with Gasteiger partial charge in [-0.15, -0.1) is 11.3 Å². The van der Waals surface area contributed by atoms with Crippen LogP contribution in [-0.4, -0.2) is 30.1 Å². The van der Waals surface area contributed by atoms with Gasteiger partial charge in [0.15, 0.2) is 0 Å². The number of benzene rings is 1. The second-order valence-electron chi connectivity index (χ2n) is 5.13. The van der Waals surface area contributed by atoms with Crippen molar-refractivity contribution >= 4 is 34.0 Å². The summed E-state index contributed by atoms with van der Waals surface area (Å²) in [5, 5.41) is 10.8. The Morgan fingerprint density at radius 1 is 1.11 bits per heavy atom. The maximum atomic E-state index is 12.2. The minimum Gasteiger partial charge on any atom is -0.489 e. The Bertz CT molecular complexity index is 846. The molecule has 0 amide bonds. The molecule has 1 aromatic heterocycles. The van der Waals surface area contributed by atoms with Gasteiger partial charge in [-0.05, 0) is 26.0 Å². The quantitative estimate of drug-likeness (QED) is 0.410. The van der Waals surface area contributed by atoms with Crippen LogP contribution in [0.15, 0.2) is 24.3 Å². The SMILES string of the molecule is CCOC(=O)c1sc(N)c(C(=O)OCC)c1COc1ccc([N+](=O)[O-])cc1. The van der Waals surface area contributed by atoms with Crippen LogP contribution in [-0.2, 0) is 16.1 Å². The van der Waals surface area contributed by atoms with Crippen molar-refractivity contribution in [3.63, 3.8) is 0 Å². The van der Waals surface area contributed by atoms with E-state index in [0.717, 1.165) is 11.3 Å². The van der Waals surface area contributed by atoms with E-state index in [9.17, 15) is 19.7 Å². The number of nitro groups is 1. The lowest BCUT2D eigenvalue weighted by Gasteiger charge is -2.09. The van der Waals surface area contributed by atoms with E-state index < -0.39 is 16.9 Å². The highest BCUT2D eigenvalue weighted by atomic mass is 32.1. The number of carbonyl (C=O) groups excluding carboxylic acids is 2. The summed E-state index contributed by atoms with van der Waals surface area (Å²) < 4.78 is 15.6. The molecule has 2 N–H and O–H groups in total. The van der Waals surface area contributed by atoms with Gasteiger partial charge in [-0.3, -0.25) is 10.1 Å². The fraction of sp³-hybridized carbons (Fsp3) is 0.294. The third-order valence-corrected chi connectivity index (χ3v) is 4.45. The molecule has 27 heavy (non-hydrogen) atoms. The minimum absolute atomic E-state index is 0.0619. The molecule has 2 aromatic rings. The van der Waals surface area contributed by atoms with Gasteiger partial charge in [-0.1, -0.05) is 0 Å². The van der Waals surface area contributed by atoms with Gasteiger partial charge < -0.3 is 19.9 Å². The monoisotopic (exact) mass is 394 g/mol. The first-order valence-electron chi connectivity index (χ1n) is 8.01. The summed E-state index contributed by atoms with van der Waals surface area (Å²) in [6, 6.07) is 5.41. The van der Waals surface area contributed by atoms with E-state index in [0.29, 0.717) is 5.75 Å². The van der Waals surface area contributed by atoms with Gasteiger partial charge in [-0.25, -0.2) is 9.59 Å². The fourth-order valence-corrected chi connectivity index (χ4v) is 3.19. The van der Waals surface area contributed by atoms with Crippen molar-refractivity contribution in [3.8, 4) is 5.75 Å². The number of thiophene rings is 1. The van der Waals surface area contributed by atoms with Crippen LogP contribution in [0, 0.1) is 10.1 Å². The van der Waals surface area contributed by atoms with E-state index in [2.05, 4.69) is 0 Å². The third kappa shape index (κ3) is 4.73. The van der Waals surface area contributed by atoms with E-state index in [1.54, 1.807) is 13.8 Å². The van der Waals surface area contributed by atoms with Crippen LogP contribution < -0.4 is 10.5 Å². The molecule has 0 aliphatic heterocycles. The zero-order valence-electron chi connectivity index (χ0n) is 14.7. The van der Waals surface area contributed by atoms with Crippen LogP contribution in [0.5, 0.6) is 5.75 Å². The number of ether oxygens (including phenoxy) is 3. The van der Waals surface area contributed by atoms with Gasteiger partial charge in [-0.2, -0.15) is 0 Å². The van der Waals surface area contributed by atoms with E-state index in [1.807, 2.05) is 0 Å². The maximum Gasteiger partial charge on any atom is 0.348 e. The van der Waals surface area contributed by atoms with Gasteiger partial charge in [0.1, 0.15) is 27.8 Å². The lowest BCUT2D eigenvalue weighted by molar-refractivity contribution is -0.384. The minimum atomic E-state index is -0.663. The average Bonchev–Trinajstić information content (AvgIpc) is 2.97. The number of carbonyl (C=O) groups is 2. The van der Waals surface area contributed by atoms with Crippen molar-refractivity contribution in [2.75, 3.05) is 18.9 Å². The number of nitrogen functional groups attached to an aromatic ring is 1. The Balaban J connectivity index is 2.32. The van der Waals surface area contributed by atoms with Crippen molar-refractivity contribution in [2.24, 2.45) is 0 Å². The van der Waals surface area contributed by atoms with Gasteiger partial charge in [0.25, 0.3) is 5.69 Å². The Labute approximate surface area is 158 Å². The van der Waals surface area contributed by atoms with Crippen LogP contribution in [0.1, 0.15) is 39.4 Å². The van der Waals surface area contributed by atoms with Gasteiger partial charge in [0.2, 0.25) is 0 Å². The van der Waals surface area contributed by atoms with Crippen LogP contribution in [0.25, 0.3) is 0 Å². The van der Waals surface area contributed by atoms with E-state index in [-0.39, 0.29) is 46.5 Å². The van der Waals surface area contributed by atoms with Crippen LogP contribution in [0.3, 0.4) is 0 Å². The molecule has 0 spiro atoms. The second kappa shape index (κ2) is 8.99. The van der Waals surface area contributed by atoms with Crippen molar-refractivity contribution in [3.05, 3.63) is 50.4 Å². The third-order valence-electron chi connectivity index (χ3n) is 3.41. The summed E-state index contributed by atoms with van der Waals surface area (Å²) in [6.07, 6.45) is 0. The van der Waals surface area contributed by atoms with E-state index >= 15 is 0 Å². The molecule has 0 fully saturated rings. The van der Waals surface area contributed by atoms with Gasteiger partial charge in [0, 0.05) is 17.7 Å². The highest BCUT2D eigenvalue weighted by molar-refractivity contribution is 7.18. The predicted octanol–water partition coefficient (Wildman–Crippen LogP) is 3.17. The highest BCUT2D eigenvalue weighted by Crippen LogP contribution is 2.33. The number of nitro benzene ring substituents is 1. The second-order valence-corrected chi connectivity index (χ2v) is 6.18. The molecule has 0 radical (unpaired) electrons. The van der Waals surface area contributed by atoms with Crippen molar-refractivity contribution < 1.29 is 28.7 Å². The molecule has 0 saturated heterocycles. The van der Waals surface area contributed by atoms with Gasteiger partial charge in [0.05, 0.1) is 18.1 Å². The van der Waals surface area contributed by atoms with Crippen LogP contribution in [0.2, 0.25) is 0 Å². The number of nitrogens with zero attached hydrogens (tertiary/aromatic N) is 1. The number of esters is 2. The first kappa shape index (κ1) is 20.2. The van der Waals surface area contributed by atoms with Crippen molar-refractivity contribution in [1.29, 1.82) is 0 Å². The molecule has 9 nitrogen and oxygen atoms in total. The van der Waals surface area contributed by atoms with E-state index in [4.69, 9.17) is 19.9 Å². The average molecular weight is 394 g/mol. The predicted molar refractivity (Wildman–Crippen MR) is 98.1 cm³/mol. The summed E-state index contributed by atoms with van der Waals surface area (Å²) >= 11 is 0.918. The molecular formula is C17H18N2O7S. The molecule has 144 valence electrons. The highest BCUT2D eigenvalue weighted by Gasteiger charge is 2.28. The number of rotatable bonds is 8. The smallest absolute Gasteiger partial charge is 0.348 e. The number of anilines is 1. The maximum absolute atomic E-state index is 12.2. The van der Waals surface area contributed by atoms with Gasteiger partial charge >= 0.3 is 11.9 Å². The molecule has 10 heteroatoms. The molecule has 1 heterocycles. The molecule has 0 aliphatic carbocycles. The van der Waals surface area contributed by atoms with E-state index in [1.165, 1.54) is 24.3 Å². The summed E-state index contributed by atoms with van der Waals surface area (Å²) in [5.41, 5.74) is 6.15. The molecule has 0 atom stereocenters. The standard InChI is InChI=1S/C17H18N2O7S/c1-3-24-16(20)13-12(14(27-15(13)18)17(21)25-4-2)9-26-11-7-5-10(6-8-11)19(22)23/h5-8H,3-4,9,18H2,1-2H3. The lowest BCUT2D eigenvalue weighted by Crippen LogP contribution is -2.13. The first-order valence-corrected chi connectivity index (χ1v) is 8.83. The lowest BCUT2D eigenvalue weighted by atomic mass is 10.1. The number of non-ortho nitro benzene ring substituents is 1. The Hall–Kier alpha value is -3.14. The zero-order valence-corrected chi connectivity index (χ0v) is 15.5. The van der Waals surface area contributed by atoms with Crippen molar-refractivity contribution in [2.45, 2.75) is 20.5 Å². The Morgan fingerprint density at radius 3 is 2.26 bits per heavy atom. The number of hydrogen-bond donors (Lipinski definition) is 1. The zero-order chi connectivity index (χ0) is 20.0. The molecule has 0 aliphatic rings. The largest absolute Gasteiger partial charge is 0.489 e. The molecule has 0 unspecified atom stereocenters. The summed E-state index contributed by atoms with van der Waals surface area (Å²) in [6.45, 7) is 3.46. The molecule has 1 aromatic carbocycles. The molecular weight excluding hydrogens is 376 g/mol. The summed E-state index contributed by atoms with van der Waals surface area (Å²) in [5.74, 6) is -0.953. The Morgan fingerprint density at radius 2 is 1.70 bits per heavy atom.